The van der Waals surface area contributed by atoms with Crippen LogP contribution in [0.1, 0.15) is 6.42 Å². The highest BCUT2D eigenvalue weighted by Gasteiger charge is 2.07. The summed E-state index contributed by atoms with van der Waals surface area (Å²) in [5.74, 6) is 0.000216. The molecule has 3 nitrogen and oxygen atoms in total. The molecule has 0 fully saturated rings. The van der Waals surface area contributed by atoms with Gasteiger partial charge in [-0.2, -0.15) is 5.26 Å². The first-order chi connectivity index (χ1) is 4.62. The second-order valence-corrected chi connectivity index (χ2v) is 4.43. The predicted molar refractivity (Wildman–Crippen MR) is 39.6 cm³/mol. The number of rotatable bonds is 4. The van der Waals surface area contributed by atoms with E-state index >= 15 is 0 Å². The minimum atomic E-state index is -3.05. The molecule has 0 aromatic rings. The first kappa shape index (κ1) is 9.73. The van der Waals surface area contributed by atoms with E-state index in [1.54, 1.807) is 6.07 Å². The number of nitriles is 1. The maximum Gasteiger partial charge on any atom is 0.152 e. The molecule has 0 unspecified atom stereocenters. The van der Waals surface area contributed by atoms with Gasteiger partial charge >= 0.3 is 0 Å². The zero-order valence-corrected chi connectivity index (χ0v) is 6.95. The van der Waals surface area contributed by atoms with E-state index in [4.69, 9.17) is 16.9 Å². The molecule has 0 spiro atoms. The normalized spacial score (nSPS) is 10.8. The monoisotopic (exact) mass is 181 g/mol. The van der Waals surface area contributed by atoms with Crippen molar-refractivity contribution in [2.75, 3.05) is 17.4 Å². The molecule has 0 heterocycles. The lowest BCUT2D eigenvalue weighted by Gasteiger charge is -1.95. The zero-order chi connectivity index (χ0) is 8.04. The van der Waals surface area contributed by atoms with Crippen LogP contribution in [0, 0.1) is 11.3 Å². The van der Waals surface area contributed by atoms with Crippen molar-refractivity contribution in [2.24, 2.45) is 0 Å². The molecule has 0 aliphatic heterocycles. The van der Waals surface area contributed by atoms with Crippen molar-refractivity contribution in [3.05, 3.63) is 0 Å². The largest absolute Gasteiger partial charge is 0.229 e. The van der Waals surface area contributed by atoms with Crippen molar-refractivity contribution < 1.29 is 8.42 Å². The molecule has 0 atom stereocenters. The van der Waals surface area contributed by atoms with Crippen molar-refractivity contribution in [2.45, 2.75) is 6.42 Å². The van der Waals surface area contributed by atoms with Gasteiger partial charge in [-0.1, -0.05) is 0 Å². The molecule has 0 aromatic heterocycles. The van der Waals surface area contributed by atoms with E-state index in [2.05, 4.69) is 0 Å². The van der Waals surface area contributed by atoms with E-state index in [9.17, 15) is 8.42 Å². The van der Waals surface area contributed by atoms with Gasteiger partial charge in [-0.3, -0.25) is 0 Å². The lowest BCUT2D eigenvalue weighted by molar-refractivity contribution is 0.597. The summed E-state index contributed by atoms with van der Waals surface area (Å²) in [6.45, 7) is 0. The van der Waals surface area contributed by atoms with Crippen LogP contribution in [-0.4, -0.2) is 25.8 Å². The number of sulfone groups is 1. The fraction of sp³-hybridized carbons (Fsp3) is 0.800. The Morgan fingerprint density at radius 3 is 2.40 bits per heavy atom. The molecule has 0 saturated heterocycles. The number of alkyl halides is 1. The number of hydrogen-bond donors (Lipinski definition) is 0. The fourth-order valence-corrected chi connectivity index (χ4v) is 1.97. The van der Waals surface area contributed by atoms with Crippen molar-refractivity contribution in [1.82, 2.24) is 0 Å². The van der Waals surface area contributed by atoms with E-state index in [1.165, 1.54) is 0 Å². The standard InChI is InChI=1S/C5H8ClNO2S/c6-2-5-10(8,9)4-1-3-7/h1-2,4-5H2. The van der Waals surface area contributed by atoms with Gasteiger partial charge in [0.1, 0.15) is 0 Å². The Labute approximate surface area is 65.5 Å². The molecule has 0 N–H and O–H groups in total. The topological polar surface area (TPSA) is 57.9 Å². The Kier molecular flexibility index (Phi) is 4.41. The van der Waals surface area contributed by atoms with Crippen LogP contribution in [0.25, 0.3) is 0 Å². The smallest absolute Gasteiger partial charge is 0.152 e. The van der Waals surface area contributed by atoms with E-state index in [0.717, 1.165) is 0 Å². The highest BCUT2D eigenvalue weighted by atomic mass is 35.5. The lowest BCUT2D eigenvalue weighted by atomic mass is 10.6. The summed E-state index contributed by atoms with van der Waals surface area (Å²) < 4.78 is 21.5. The van der Waals surface area contributed by atoms with Crippen molar-refractivity contribution in [3.63, 3.8) is 0 Å². The molecule has 0 amide bonds. The van der Waals surface area contributed by atoms with Gasteiger partial charge in [-0.25, -0.2) is 8.42 Å². The molecule has 0 saturated carbocycles. The zero-order valence-electron chi connectivity index (χ0n) is 5.38. The van der Waals surface area contributed by atoms with Crippen LogP contribution >= 0.6 is 11.6 Å². The molecular formula is C5H8ClNO2S. The molecule has 5 heteroatoms. The summed E-state index contributed by atoms with van der Waals surface area (Å²) in [7, 11) is -3.05. The van der Waals surface area contributed by atoms with Crippen molar-refractivity contribution in [3.8, 4) is 6.07 Å². The van der Waals surface area contributed by atoms with Gasteiger partial charge in [0.15, 0.2) is 9.84 Å². The number of halogens is 1. The van der Waals surface area contributed by atoms with Crippen LogP contribution in [0.4, 0.5) is 0 Å². The second-order valence-electron chi connectivity index (χ2n) is 1.75. The van der Waals surface area contributed by atoms with Crippen LogP contribution in [-0.2, 0) is 9.84 Å². The van der Waals surface area contributed by atoms with Crippen molar-refractivity contribution >= 4 is 21.4 Å². The maximum absolute atomic E-state index is 10.8. The van der Waals surface area contributed by atoms with E-state index in [-0.39, 0.29) is 23.8 Å². The van der Waals surface area contributed by atoms with Crippen LogP contribution < -0.4 is 0 Å². The quantitative estimate of drug-likeness (QED) is 0.596. The van der Waals surface area contributed by atoms with Crippen molar-refractivity contribution in [1.29, 1.82) is 5.26 Å². The number of hydrogen-bond acceptors (Lipinski definition) is 3. The first-order valence-corrected chi connectivity index (χ1v) is 5.11. The number of nitrogens with zero attached hydrogens (tertiary/aromatic N) is 1. The van der Waals surface area contributed by atoms with Gasteiger partial charge < -0.3 is 0 Å². The van der Waals surface area contributed by atoms with Crippen LogP contribution in [0.5, 0.6) is 0 Å². The second kappa shape index (κ2) is 4.53. The van der Waals surface area contributed by atoms with E-state index in [0.29, 0.717) is 0 Å². The van der Waals surface area contributed by atoms with Gasteiger partial charge in [-0.05, 0) is 0 Å². The van der Waals surface area contributed by atoms with Crippen LogP contribution in [0.2, 0.25) is 0 Å². The summed E-state index contributed by atoms with van der Waals surface area (Å²) in [4.78, 5) is 0. The van der Waals surface area contributed by atoms with Gasteiger partial charge in [0.2, 0.25) is 0 Å². The van der Waals surface area contributed by atoms with Gasteiger partial charge in [0, 0.05) is 12.3 Å². The van der Waals surface area contributed by atoms with Crippen LogP contribution in [0.3, 0.4) is 0 Å². The molecule has 0 aliphatic rings. The summed E-state index contributed by atoms with van der Waals surface area (Å²) in [5.41, 5.74) is 0. The minimum absolute atomic E-state index is 0.0315. The molecule has 0 bridgehead atoms. The third-order valence-corrected chi connectivity index (χ3v) is 2.98. The highest BCUT2D eigenvalue weighted by molar-refractivity contribution is 7.91. The Hall–Kier alpha value is -0.270. The molecule has 0 aliphatic carbocycles. The summed E-state index contributed by atoms with van der Waals surface area (Å²) in [6.07, 6.45) is 0.0548. The SMILES string of the molecule is N#CCCS(=O)(=O)CCCl. The Bertz CT molecular complexity index is 216. The Morgan fingerprint density at radius 1 is 1.40 bits per heavy atom. The van der Waals surface area contributed by atoms with Crippen LogP contribution in [0.15, 0.2) is 0 Å². The fourth-order valence-electron chi connectivity index (χ4n) is 0.421. The first-order valence-electron chi connectivity index (χ1n) is 2.76. The molecule has 0 radical (unpaired) electrons. The third kappa shape index (κ3) is 4.59. The highest BCUT2D eigenvalue weighted by Crippen LogP contribution is 1.93. The molecular weight excluding hydrogens is 174 g/mol. The molecule has 0 aromatic carbocycles. The molecule has 0 rings (SSSR count). The Morgan fingerprint density at radius 2 is 2.00 bits per heavy atom. The van der Waals surface area contributed by atoms with Gasteiger partial charge in [-0.15, -0.1) is 11.6 Å². The maximum atomic E-state index is 10.8. The summed E-state index contributed by atoms with van der Waals surface area (Å²) in [5, 5.41) is 8.05. The minimum Gasteiger partial charge on any atom is -0.229 e. The van der Waals surface area contributed by atoms with E-state index in [1.807, 2.05) is 0 Å². The van der Waals surface area contributed by atoms with Gasteiger partial charge in [0.05, 0.1) is 17.6 Å². The summed E-state index contributed by atoms with van der Waals surface area (Å²) in [6, 6.07) is 1.76. The average Bonchev–Trinajstić information content (AvgIpc) is 1.84. The molecule has 10 heavy (non-hydrogen) atoms. The third-order valence-electron chi connectivity index (χ3n) is 0.913. The Balaban J connectivity index is 3.80. The van der Waals surface area contributed by atoms with E-state index < -0.39 is 9.84 Å². The van der Waals surface area contributed by atoms with Gasteiger partial charge in [0.25, 0.3) is 0 Å². The molecule has 58 valence electrons. The average molecular weight is 182 g/mol. The lowest BCUT2D eigenvalue weighted by Crippen LogP contribution is -2.11. The predicted octanol–water partition coefficient (Wildman–Crippen LogP) is 0.554. The summed E-state index contributed by atoms with van der Waals surface area (Å²) >= 11 is 5.20.